The summed E-state index contributed by atoms with van der Waals surface area (Å²) >= 11 is 7.70. The van der Waals surface area contributed by atoms with Gasteiger partial charge in [0, 0.05) is 0 Å². The summed E-state index contributed by atoms with van der Waals surface area (Å²) in [5.74, 6) is 0.767. The molecule has 0 bridgehead atoms. The molecular formula is C11H13BrO2S. The van der Waals surface area contributed by atoms with Gasteiger partial charge in [-0.05, 0) is 25.5 Å². The first-order chi connectivity index (χ1) is 7.07. The summed E-state index contributed by atoms with van der Waals surface area (Å²) in [5.41, 5.74) is 0.844. The van der Waals surface area contributed by atoms with Crippen molar-refractivity contribution in [2.75, 3.05) is 6.61 Å². The van der Waals surface area contributed by atoms with Gasteiger partial charge in [-0.3, -0.25) is 4.79 Å². The number of thiol groups is 1. The van der Waals surface area contributed by atoms with Crippen molar-refractivity contribution in [1.82, 2.24) is 0 Å². The molecule has 0 radical (unpaired) electrons. The molecule has 1 rings (SSSR count). The molecular weight excluding hydrogens is 276 g/mol. The van der Waals surface area contributed by atoms with E-state index in [1.807, 2.05) is 25.1 Å². The zero-order chi connectivity index (χ0) is 11.4. The minimum Gasteiger partial charge on any atom is -0.493 e. The quantitative estimate of drug-likeness (QED) is 0.679. The second-order valence-corrected chi connectivity index (χ2v) is 4.46. The molecule has 82 valence electrons. The molecule has 1 atom stereocenters. The lowest BCUT2D eigenvalue weighted by atomic mass is 10.1. The van der Waals surface area contributed by atoms with Gasteiger partial charge in [0.25, 0.3) is 0 Å². The molecule has 0 amide bonds. The maximum absolute atomic E-state index is 11.2. The van der Waals surface area contributed by atoms with Crippen molar-refractivity contribution in [2.24, 2.45) is 0 Å². The molecule has 2 nitrogen and oxygen atoms in total. The second-order valence-electron chi connectivity index (χ2n) is 3.10. The standard InChI is InChI=1S/C11H13BrO2S/c1-3-14-9-6-4-5-8(11(9)15)10(12)7(2)13/h4-6,10,15H,3H2,1-2H3. The van der Waals surface area contributed by atoms with Crippen molar-refractivity contribution in [3.63, 3.8) is 0 Å². The Morgan fingerprint density at radius 3 is 2.80 bits per heavy atom. The molecule has 0 spiro atoms. The Bertz CT molecular complexity index is 366. The maximum Gasteiger partial charge on any atom is 0.147 e. The molecule has 0 saturated heterocycles. The van der Waals surface area contributed by atoms with Crippen molar-refractivity contribution in [2.45, 2.75) is 23.6 Å². The minimum atomic E-state index is -0.314. The van der Waals surface area contributed by atoms with Gasteiger partial charge in [0.1, 0.15) is 11.5 Å². The molecule has 0 saturated carbocycles. The zero-order valence-electron chi connectivity index (χ0n) is 8.66. The largest absolute Gasteiger partial charge is 0.493 e. The monoisotopic (exact) mass is 288 g/mol. The Morgan fingerprint density at radius 2 is 2.27 bits per heavy atom. The minimum absolute atomic E-state index is 0.0546. The van der Waals surface area contributed by atoms with Gasteiger partial charge in [-0.25, -0.2) is 0 Å². The summed E-state index contributed by atoms with van der Waals surface area (Å²) in [4.78, 5) is 11.6. The summed E-state index contributed by atoms with van der Waals surface area (Å²) in [7, 11) is 0. The normalized spacial score (nSPS) is 12.3. The highest BCUT2D eigenvalue weighted by molar-refractivity contribution is 9.09. The summed E-state index contributed by atoms with van der Waals surface area (Å²) in [6.07, 6.45) is 0. The van der Waals surface area contributed by atoms with Gasteiger partial charge < -0.3 is 4.74 Å². The predicted octanol–water partition coefficient (Wildman–Crippen LogP) is 3.40. The van der Waals surface area contributed by atoms with Crippen LogP contribution in [0.5, 0.6) is 5.75 Å². The lowest BCUT2D eigenvalue weighted by Gasteiger charge is -2.13. The first-order valence-corrected chi connectivity index (χ1v) is 6.03. The third-order valence-electron chi connectivity index (χ3n) is 1.96. The smallest absolute Gasteiger partial charge is 0.147 e. The molecule has 1 aromatic carbocycles. The van der Waals surface area contributed by atoms with E-state index >= 15 is 0 Å². The number of halogens is 1. The van der Waals surface area contributed by atoms with Gasteiger partial charge >= 0.3 is 0 Å². The van der Waals surface area contributed by atoms with Crippen LogP contribution in [0.3, 0.4) is 0 Å². The highest BCUT2D eigenvalue weighted by Crippen LogP contribution is 2.34. The van der Waals surface area contributed by atoms with Crippen LogP contribution in [0.25, 0.3) is 0 Å². The van der Waals surface area contributed by atoms with Crippen LogP contribution in [0.1, 0.15) is 24.2 Å². The predicted molar refractivity (Wildman–Crippen MR) is 67.2 cm³/mol. The summed E-state index contributed by atoms with van der Waals surface area (Å²) in [6, 6.07) is 5.57. The number of rotatable bonds is 4. The van der Waals surface area contributed by atoms with Crippen molar-refractivity contribution < 1.29 is 9.53 Å². The van der Waals surface area contributed by atoms with Crippen molar-refractivity contribution in [3.8, 4) is 5.75 Å². The van der Waals surface area contributed by atoms with E-state index in [9.17, 15) is 4.79 Å². The number of alkyl halides is 1. The molecule has 15 heavy (non-hydrogen) atoms. The molecule has 1 unspecified atom stereocenters. The second kappa shape index (κ2) is 5.56. The van der Waals surface area contributed by atoms with E-state index in [1.54, 1.807) is 6.92 Å². The number of ether oxygens (including phenoxy) is 1. The molecule has 0 aliphatic rings. The van der Waals surface area contributed by atoms with Gasteiger partial charge in [-0.2, -0.15) is 0 Å². The summed E-state index contributed by atoms with van der Waals surface area (Å²) < 4.78 is 5.40. The molecule has 4 heteroatoms. The lowest BCUT2D eigenvalue weighted by molar-refractivity contribution is -0.116. The third kappa shape index (κ3) is 2.98. The highest BCUT2D eigenvalue weighted by atomic mass is 79.9. The maximum atomic E-state index is 11.2. The van der Waals surface area contributed by atoms with E-state index in [0.717, 1.165) is 10.5 Å². The molecule has 1 aromatic rings. The van der Waals surface area contributed by atoms with E-state index in [2.05, 4.69) is 28.6 Å². The highest BCUT2D eigenvalue weighted by Gasteiger charge is 2.17. The SMILES string of the molecule is CCOc1cccc(C(Br)C(C)=O)c1S. The number of hydrogen-bond donors (Lipinski definition) is 1. The number of Topliss-reactive ketones (excluding diaryl/α,β-unsaturated/α-hetero) is 1. The van der Waals surface area contributed by atoms with Crippen LogP contribution in [0, 0.1) is 0 Å². The van der Waals surface area contributed by atoms with Crippen LogP contribution >= 0.6 is 28.6 Å². The van der Waals surface area contributed by atoms with Crippen LogP contribution in [-0.2, 0) is 4.79 Å². The van der Waals surface area contributed by atoms with E-state index in [-0.39, 0.29) is 10.6 Å². The Kier molecular flexibility index (Phi) is 4.67. The lowest BCUT2D eigenvalue weighted by Crippen LogP contribution is -2.03. The van der Waals surface area contributed by atoms with Crippen molar-refractivity contribution in [1.29, 1.82) is 0 Å². The van der Waals surface area contributed by atoms with Gasteiger partial charge in [0.05, 0.1) is 16.3 Å². The number of carbonyl (C=O) groups is 1. The van der Waals surface area contributed by atoms with Crippen LogP contribution in [0.15, 0.2) is 23.1 Å². The fourth-order valence-corrected chi connectivity index (χ4v) is 2.14. The topological polar surface area (TPSA) is 26.3 Å². The Labute approximate surface area is 104 Å². The number of hydrogen-bond acceptors (Lipinski definition) is 3. The summed E-state index contributed by atoms with van der Waals surface area (Å²) in [5, 5.41) is 0. The number of ketones is 1. The first kappa shape index (κ1) is 12.6. The van der Waals surface area contributed by atoms with Crippen molar-refractivity contribution >= 4 is 34.3 Å². The van der Waals surface area contributed by atoms with Crippen molar-refractivity contribution in [3.05, 3.63) is 23.8 Å². The molecule has 0 heterocycles. The molecule has 0 aliphatic carbocycles. The van der Waals surface area contributed by atoms with Gasteiger partial charge in [-0.15, -0.1) is 12.6 Å². The Hall–Kier alpha value is -0.480. The zero-order valence-corrected chi connectivity index (χ0v) is 11.1. The molecule has 0 N–H and O–H groups in total. The average Bonchev–Trinajstić information content (AvgIpc) is 2.20. The van der Waals surface area contributed by atoms with Crippen LogP contribution in [0.4, 0.5) is 0 Å². The van der Waals surface area contributed by atoms with E-state index in [1.165, 1.54) is 0 Å². The Balaban J connectivity index is 3.08. The van der Waals surface area contributed by atoms with Crippen LogP contribution in [-0.4, -0.2) is 12.4 Å². The molecule has 0 fully saturated rings. The van der Waals surface area contributed by atoms with Gasteiger partial charge in [0.2, 0.25) is 0 Å². The third-order valence-corrected chi connectivity index (χ3v) is 3.58. The fourth-order valence-electron chi connectivity index (χ4n) is 1.23. The molecule has 0 aromatic heterocycles. The number of benzene rings is 1. The Morgan fingerprint density at radius 1 is 1.60 bits per heavy atom. The van der Waals surface area contributed by atoms with E-state index in [4.69, 9.17) is 4.74 Å². The summed E-state index contributed by atoms with van der Waals surface area (Å²) in [6.45, 7) is 4.04. The van der Waals surface area contributed by atoms with Crippen LogP contribution < -0.4 is 4.74 Å². The van der Waals surface area contributed by atoms with Gasteiger partial charge in [0.15, 0.2) is 0 Å². The molecule has 0 aliphatic heterocycles. The van der Waals surface area contributed by atoms with E-state index in [0.29, 0.717) is 12.4 Å². The van der Waals surface area contributed by atoms with Gasteiger partial charge in [-0.1, -0.05) is 28.1 Å². The number of carbonyl (C=O) groups excluding carboxylic acids is 1. The van der Waals surface area contributed by atoms with E-state index < -0.39 is 0 Å². The average molecular weight is 289 g/mol. The van der Waals surface area contributed by atoms with Crippen LogP contribution in [0.2, 0.25) is 0 Å². The first-order valence-electron chi connectivity index (χ1n) is 4.67. The fraction of sp³-hybridized carbons (Fsp3) is 0.364.